The maximum Gasteiger partial charge on any atom is 0.574 e. The van der Waals surface area contributed by atoms with Gasteiger partial charge in [0.05, 0.1) is 0 Å². The van der Waals surface area contributed by atoms with Crippen LogP contribution in [0.4, 0.5) is 35.1 Å². The van der Waals surface area contributed by atoms with Gasteiger partial charge in [-0.15, -0.1) is 13.2 Å². The molecule has 0 saturated carbocycles. The number of aromatic amines is 1. The molecule has 0 aromatic carbocycles. The Hall–Kier alpha value is -1.81. The first kappa shape index (κ1) is 15.2. The molecule has 1 heterocycles. The van der Waals surface area contributed by atoms with Crippen molar-refractivity contribution in [2.45, 2.75) is 19.0 Å². The fourth-order valence-corrected chi connectivity index (χ4v) is 1.21. The number of H-pyrrole nitrogens is 1. The van der Waals surface area contributed by atoms with Crippen LogP contribution in [0.25, 0.3) is 0 Å². The highest BCUT2D eigenvalue weighted by Crippen LogP contribution is 2.41. The van der Waals surface area contributed by atoms with Gasteiger partial charge in [-0.05, 0) is 0 Å². The standard InChI is InChI=1S/C8H3F8NO2/c9-5(10)2-1-3(18)17-6(19-8(14,15)16)4(2)7(11,12)13/h1,5H,(H,17,18). The largest absolute Gasteiger partial charge is 0.574 e. The number of hydrogen-bond donors (Lipinski definition) is 1. The van der Waals surface area contributed by atoms with Crippen LogP contribution in [0.2, 0.25) is 0 Å². The van der Waals surface area contributed by atoms with Gasteiger partial charge in [-0.2, -0.15) is 13.2 Å². The Labute approximate surface area is 98.3 Å². The lowest BCUT2D eigenvalue weighted by atomic mass is 10.1. The molecule has 0 atom stereocenters. The van der Waals surface area contributed by atoms with E-state index < -0.39 is 41.5 Å². The average molecular weight is 297 g/mol. The molecule has 0 saturated heterocycles. The van der Waals surface area contributed by atoms with E-state index in [4.69, 9.17) is 0 Å². The monoisotopic (exact) mass is 297 g/mol. The van der Waals surface area contributed by atoms with Crippen LogP contribution in [0.1, 0.15) is 17.6 Å². The minimum atomic E-state index is -5.58. The Kier molecular flexibility index (Phi) is 3.77. The maximum atomic E-state index is 12.5. The summed E-state index contributed by atoms with van der Waals surface area (Å²) in [4.78, 5) is 11.9. The summed E-state index contributed by atoms with van der Waals surface area (Å²) in [5.41, 5.74) is -5.85. The van der Waals surface area contributed by atoms with E-state index in [9.17, 15) is 39.9 Å². The molecule has 3 nitrogen and oxygen atoms in total. The summed E-state index contributed by atoms with van der Waals surface area (Å²) in [6.07, 6.45) is -14.9. The molecule has 1 rings (SSSR count). The van der Waals surface area contributed by atoms with Crippen LogP contribution in [0.15, 0.2) is 10.9 Å². The van der Waals surface area contributed by atoms with Gasteiger partial charge in [0.1, 0.15) is 5.56 Å². The van der Waals surface area contributed by atoms with Gasteiger partial charge in [0, 0.05) is 11.6 Å². The van der Waals surface area contributed by atoms with Gasteiger partial charge in [0.15, 0.2) is 0 Å². The topological polar surface area (TPSA) is 42.1 Å². The van der Waals surface area contributed by atoms with Crippen molar-refractivity contribution >= 4 is 0 Å². The smallest absolute Gasteiger partial charge is 0.389 e. The van der Waals surface area contributed by atoms with Crippen molar-refractivity contribution < 1.29 is 39.9 Å². The highest BCUT2D eigenvalue weighted by molar-refractivity contribution is 5.37. The van der Waals surface area contributed by atoms with Gasteiger partial charge >= 0.3 is 12.5 Å². The normalized spacial score (nSPS) is 12.9. The average Bonchev–Trinajstić information content (AvgIpc) is 2.10. The first-order valence-corrected chi connectivity index (χ1v) is 4.30. The SMILES string of the molecule is O=c1cc(C(F)F)c(C(F)(F)F)c(OC(F)(F)F)[nH]1. The van der Waals surface area contributed by atoms with Crippen LogP contribution in [0.3, 0.4) is 0 Å². The second kappa shape index (κ2) is 4.70. The molecule has 0 aliphatic heterocycles. The van der Waals surface area contributed by atoms with E-state index in [2.05, 4.69) is 4.74 Å². The summed E-state index contributed by atoms with van der Waals surface area (Å²) in [5, 5.41) is 0. The Bertz CT molecular complexity index is 515. The Balaban J connectivity index is 3.56. The molecular weight excluding hydrogens is 294 g/mol. The molecule has 108 valence electrons. The highest BCUT2D eigenvalue weighted by atomic mass is 19.4. The van der Waals surface area contributed by atoms with Crippen LogP contribution < -0.4 is 10.3 Å². The summed E-state index contributed by atoms with van der Waals surface area (Å²) in [6.45, 7) is 0. The number of ether oxygens (including phenoxy) is 1. The second-order valence-electron chi connectivity index (χ2n) is 3.14. The molecule has 0 unspecified atom stereocenters. The van der Waals surface area contributed by atoms with E-state index in [1.54, 1.807) is 0 Å². The lowest BCUT2D eigenvalue weighted by Crippen LogP contribution is -2.25. The number of pyridine rings is 1. The molecule has 1 aromatic rings. The zero-order valence-electron chi connectivity index (χ0n) is 8.49. The number of hydrogen-bond acceptors (Lipinski definition) is 2. The first-order chi connectivity index (χ1) is 8.42. The van der Waals surface area contributed by atoms with Gasteiger partial charge in [-0.1, -0.05) is 0 Å². The van der Waals surface area contributed by atoms with Gasteiger partial charge in [0.2, 0.25) is 5.88 Å². The van der Waals surface area contributed by atoms with Crippen molar-refractivity contribution in [1.82, 2.24) is 4.98 Å². The van der Waals surface area contributed by atoms with E-state index in [1.165, 1.54) is 0 Å². The van der Waals surface area contributed by atoms with Crippen LogP contribution >= 0.6 is 0 Å². The predicted octanol–water partition coefficient (Wildman–Crippen LogP) is 3.23. The molecule has 0 fully saturated rings. The lowest BCUT2D eigenvalue weighted by Gasteiger charge is -2.17. The quantitative estimate of drug-likeness (QED) is 0.852. The fraction of sp³-hybridized carbons (Fsp3) is 0.375. The van der Waals surface area contributed by atoms with E-state index in [-0.39, 0.29) is 6.07 Å². The Morgan fingerprint density at radius 3 is 2.00 bits per heavy atom. The zero-order valence-corrected chi connectivity index (χ0v) is 8.49. The summed E-state index contributed by atoms with van der Waals surface area (Å²) in [6, 6.07) is -0.142. The zero-order chi connectivity index (χ0) is 15.0. The van der Waals surface area contributed by atoms with Crippen molar-refractivity contribution in [2.24, 2.45) is 0 Å². The molecule has 1 aromatic heterocycles. The molecule has 0 bridgehead atoms. The third kappa shape index (κ3) is 3.83. The van der Waals surface area contributed by atoms with Gasteiger partial charge < -0.3 is 4.74 Å². The van der Waals surface area contributed by atoms with Crippen LogP contribution in [-0.4, -0.2) is 11.3 Å². The lowest BCUT2D eigenvalue weighted by molar-refractivity contribution is -0.278. The number of rotatable bonds is 2. The molecule has 0 amide bonds. The van der Waals surface area contributed by atoms with Crippen molar-refractivity contribution in [3.05, 3.63) is 27.5 Å². The second-order valence-corrected chi connectivity index (χ2v) is 3.14. The highest BCUT2D eigenvalue weighted by Gasteiger charge is 2.43. The number of halogens is 8. The Morgan fingerprint density at radius 1 is 1.11 bits per heavy atom. The van der Waals surface area contributed by atoms with E-state index in [1.807, 2.05) is 0 Å². The van der Waals surface area contributed by atoms with Crippen molar-refractivity contribution in [1.29, 1.82) is 0 Å². The summed E-state index contributed by atoms with van der Waals surface area (Å²) >= 11 is 0. The molecule has 1 N–H and O–H groups in total. The molecule has 0 aliphatic rings. The van der Waals surface area contributed by atoms with Crippen LogP contribution in [0.5, 0.6) is 5.88 Å². The van der Waals surface area contributed by atoms with Crippen LogP contribution in [0, 0.1) is 0 Å². The van der Waals surface area contributed by atoms with E-state index in [0.29, 0.717) is 0 Å². The number of nitrogens with one attached hydrogen (secondary N) is 1. The van der Waals surface area contributed by atoms with Crippen molar-refractivity contribution in [3.8, 4) is 5.88 Å². The van der Waals surface area contributed by atoms with Crippen molar-refractivity contribution in [2.75, 3.05) is 0 Å². The third-order valence-electron chi connectivity index (χ3n) is 1.78. The molecule has 0 radical (unpaired) electrons. The molecule has 19 heavy (non-hydrogen) atoms. The Morgan fingerprint density at radius 2 is 1.63 bits per heavy atom. The predicted molar refractivity (Wildman–Crippen MR) is 43.7 cm³/mol. The van der Waals surface area contributed by atoms with Crippen molar-refractivity contribution in [3.63, 3.8) is 0 Å². The molecule has 0 spiro atoms. The van der Waals surface area contributed by atoms with Gasteiger partial charge in [-0.3, -0.25) is 9.78 Å². The third-order valence-corrected chi connectivity index (χ3v) is 1.78. The first-order valence-electron chi connectivity index (χ1n) is 4.30. The number of alkyl halides is 8. The summed E-state index contributed by atoms with van der Waals surface area (Å²) < 4.78 is 101. The minimum absolute atomic E-state index is 0.142. The summed E-state index contributed by atoms with van der Waals surface area (Å²) in [5.74, 6) is -2.12. The van der Waals surface area contributed by atoms with Gasteiger partial charge in [-0.25, -0.2) is 8.78 Å². The van der Waals surface area contributed by atoms with Gasteiger partial charge in [0.25, 0.3) is 12.0 Å². The maximum absolute atomic E-state index is 12.5. The van der Waals surface area contributed by atoms with E-state index in [0.717, 1.165) is 4.98 Å². The van der Waals surface area contributed by atoms with Crippen LogP contribution in [-0.2, 0) is 6.18 Å². The fourth-order valence-electron chi connectivity index (χ4n) is 1.21. The molecule has 0 aliphatic carbocycles. The minimum Gasteiger partial charge on any atom is -0.389 e. The number of aromatic nitrogens is 1. The van der Waals surface area contributed by atoms with E-state index >= 15 is 0 Å². The molecular formula is C8H3F8NO2. The summed E-state index contributed by atoms with van der Waals surface area (Å²) in [7, 11) is 0. The molecule has 11 heteroatoms.